The second kappa shape index (κ2) is 8.42. The quantitative estimate of drug-likeness (QED) is 0.583. The molecule has 0 aromatic rings. The third kappa shape index (κ3) is 5.56. The van der Waals surface area contributed by atoms with E-state index in [9.17, 15) is 14.4 Å². The van der Waals surface area contributed by atoms with Crippen LogP contribution in [0.5, 0.6) is 0 Å². The first kappa shape index (κ1) is 17.2. The number of urea groups is 1. The van der Waals surface area contributed by atoms with Crippen molar-refractivity contribution < 1.29 is 29.0 Å². The molecule has 9 heteroatoms. The minimum Gasteiger partial charge on any atom is -0.479 e. The Balaban J connectivity index is 2.42. The second-order valence-electron chi connectivity index (χ2n) is 4.63. The molecular formula is C12H21N3O6. The monoisotopic (exact) mass is 303 g/mol. The number of hydrogen-bond acceptors (Lipinski definition) is 5. The molecule has 0 spiro atoms. The fourth-order valence-corrected chi connectivity index (χ4v) is 1.85. The smallest absolute Gasteiger partial charge is 0.334 e. The Morgan fingerprint density at radius 2 is 2.19 bits per heavy atom. The number of aliphatic carboxylic acids is 1. The van der Waals surface area contributed by atoms with Gasteiger partial charge >= 0.3 is 12.0 Å². The summed E-state index contributed by atoms with van der Waals surface area (Å²) in [4.78, 5) is 37.2. The lowest BCUT2D eigenvalue weighted by molar-refractivity contribution is -0.154. The van der Waals surface area contributed by atoms with Crippen molar-refractivity contribution in [2.75, 3.05) is 53.6 Å². The molecule has 1 aliphatic heterocycles. The summed E-state index contributed by atoms with van der Waals surface area (Å²) in [6.45, 7) is 1.11. The third-order valence-corrected chi connectivity index (χ3v) is 2.95. The van der Waals surface area contributed by atoms with E-state index in [4.69, 9.17) is 14.6 Å². The molecule has 1 saturated heterocycles. The molecule has 0 aromatic carbocycles. The lowest BCUT2D eigenvalue weighted by Gasteiger charge is -2.33. The molecule has 0 aromatic heterocycles. The number of nitrogens with zero attached hydrogens (tertiary/aromatic N) is 2. The largest absolute Gasteiger partial charge is 0.479 e. The van der Waals surface area contributed by atoms with Crippen molar-refractivity contribution in [1.29, 1.82) is 0 Å². The van der Waals surface area contributed by atoms with Gasteiger partial charge in [-0.25, -0.2) is 9.59 Å². The van der Waals surface area contributed by atoms with Crippen LogP contribution in [0, 0.1) is 0 Å². The van der Waals surface area contributed by atoms with Crippen molar-refractivity contribution in [3.8, 4) is 0 Å². The molecule has 1 heterocycles. The minimum atomic E-state index is -1.10. The number of ether oxygens (including phenoxy) is 2. The van der Waals surface area contributed by atoms with Crippen molar-refractivity contribution in [2.24, 2.45) is 0 Å². The second-order valence-corrected chi connectivity index (χ2v) is 4.63. The predicted octanol–water partition coefficient (Wildman–Crippen LogP) is -1.41. The average Bonchev–Trinajstić information content (AvgIpc) is 2.46. The molecule has 120 valence electrons. The van der Waals surface area contributed by atoms with Gasteiger partial charge in [0, 0.05) is 27.2 Å². The van der Waals surface area contributed by atoms with E-state index < -0.39 is 18.1 Å². The number of methoxy groups -OCH3 is 1. The molecule has 0 saturated carbocycles. The van der Waals surface area contributed by atoms with Crippen LogP contribution in [-0.4, -0.2) is 92.5 Å². The van der Waals surface area contributed by atoms with Gasteiger partial charge in [-0.1, -0.05) is 0 Å². The van der Waals surface area contributed by atoms with Crippen molar-refractivity contribution in [1.82, 2.24) is 15.1 Å². The van der Waals surface area contributed by atoms with E-state index >= 15 is 0 Å². The highest BCUT2D eigenvalue weighted by Gasteiger charge is 2.30. The maximum Gasteiger partial charge on any atom is 0.334 e. The van der Waals surface area contributed by atoms with E-state index in [1.54, 1.807) is 0 Å². The summed E-state index contributed by atoms with van der Waals surface area (Å²) in [6.07, 6.45) is -1.02. The highest BCUT2D eigenvalue weighted by atomic mass is 16.5. The summed E-state index contributed by atoms with van der Waals surface area (Å²) in [7, 11) is 3.02. The van der Waals surface area contributed by atoms with E-state index in [2.05, 4.69) is 5.32 Å². The normalized spacial score (nSPS) is 18.2. The molecule has 1 atom stereocenters. The Hall–Kier alpha value is -1.87. The van der Waals surface area contributed by atoms with Crippen LogP contribution in [0.4, 0.5) is 4.79 Å². The lowest BCUT2D eigenvalue weighted by atomic mass is 10.3. The number of rotatable bonds is 6. The first-order valence-corrected chi connectivity index (χ1v) is 6.55. The van der Waals surface area contributed by atoms with Crippen LogP contribution in [0.1, 0.15) is 0 Å². The fourth-order valence-electron chi connectivity index (χ4n) is 1.85. The molecule has 2 N–H and O–H groups in total. The molecule has 1 aliphatic rings. The molecule has 1 unspecified atom stereocenters. The van der Waals surface area contributed by atoms with Crippen LogP contribution in [-0.2, 0) is 19.1 Å². The highest BCUT2D eigenvalue weighted by molar-refractivity contribution is 5.84. The van der Waals surface area contributed by atoms with Crippen molar-refractivity contribution in [2.45, 2.75) is 6.10 Å². The van der Waals surface area contributed by atoms with E-state index in [1.807, 2.05) is 0 Å². The van der Waals surface area contributed by atoms with Crippen LogP contribution in [0.2, 0.25) is 0 Å². The summed E-state index contributed by atoms with van der Waals surface area (Å²) >= 11 is 0. The Morgan fingerprint density at radius 1 is 1.48 bits per heavy atom. The summed E-state index contributed by atoms with van der Waals surface area (Å²) in [5, 5.41) is 11.5. The molecule has 0 aliphatic carbocycles. The first-order chi connectivity index (χ1) is 9.95. The van der Waals surface area contributed by atoms with Gasteiger partial charge < -0.3 is 29.7 Å². The fraction of sp³-hybridized carbons (Fsp3) is 0.750. The zero-order chi connectivity index (χ0) is 15.8. The topological polar surface area (TPSA) is 108 Å². The summed E-state index contributed by atoms with van der Waals surface area (Å²) < 4.78 is 9.84. The molecule has 0 bridgehead atoms. The molecule has 0 radical (unpaired) electrons. The van der Waals surface area contributed by atoms with Crippen molar-refractivity contribution >= 4 is 17.9 Å². The van der Waals surface area contributed by atoms with E-state index in [0.29, 0.717) is 19.7 Å². The number of morpholine rings is 1. The van der Waals surface area contributed by atoms with Crippen LogP contribution in [0.25, 0.3) is 0 Å². The van der Waals surface area contributed by atoms with Crippen LogP contribution in [0.15, 0.2) is 0 Å². The molecule has 9 nitrogen and oxygen atoms in total. The van der Waals surface area contributed by atoms with Gasteiger partial charge in [-0.05, 0) is 0 Å². The van der Waals surface area contributed by atoms with Gasteiger partial charge in [0.2, 0.25) is 5.91 Å². The standard InChI is InChI=1S/C12H21N3O6/c1-14(8-10(16)13-3-5-20-2)12(19)15-4-6-21-9(7-15)11(17)18/h9H,3-8H2,1-2H3,(H,13,16)(H,17,18). The number of carboxylic acids is 1. The zero-order valence-electron chi connectivity index (χ0n) is 12.2. The van der Waals surface area contributed by atoms with E-state index in [0.717, 1.165) is 0 Å². The van der Waals surface area contributed by atoms with Gasteiger partial charge in [-0.2, -0.15) is 0 Å². The SMILES string of the molecule is COCCNC(=O)CN(C)C(=O)N1CCOC(C(=O)O)C1. The van der Waals surface area contributed by atoms with Gasteiger partial charge in [0.05, 0.1) is 19.8 Å². The molecular weight excluding hydrogens is 282 g/mol. The number of carbonyl (C=O) groups is 3. The number of carbonyl (C=O) groups excluding carboxylic acids is 2. The Kier molecular flexibility index (Phi) is 6.89. The number of hydrogen-bond donors (Lipinski definition) is 2. The molecule has 1 rings (SSSR count). The average molecular weight is 303 g/mol. The maximum absolute atomic E-state index is 12.1. The minimum absolute atomic E-state index is 0.0240. The third-order valence-electron chi connectivity index (χ3n) is 2.95. The molecule has 3 amide bonds. The number of amides is 3. The number of likely N-dealkylation sites (N-methyl/N-ethyl adjacent to an activating group) is 1. The Morgan fingerprint density at radius 3 is 2.81 bits per heavy atom. The number of nitrogens with one attached hydrogen (secondary N) is 1. The van der Waals surface area contributed by atoms with Gasteiger partial charge in [0.15, 0.2) is 6.10 Å². The summed E-state index contributed by atoms with van der Waals surface area (Å²) in [5.74, 6) is -1.40. The van der Waals surface area contributed by atoms with E-state index in [1.165, 1.54) is 24.0 Å². The molecule has 21 heavy (non-hydrogen) atoms. The van der Waals surface area contributed by atoms with Gasteiger partial charge in [-0.15, -0.1) is 0 Å². The van der Waals surface area contributed by atoms with Crippen LogP contribution >= 0.6 is 0 Å². The Labute approximate surface area is 122 Å². The van der Waals surface area contributed by atoms with Crippen molar-refractivity contribution in [3.05, 3.63) is 0 Å². The Bertz CT molecular complexity index is 389. The maximum atomic E-state index is 12.1. The van der Waals surface area contributed by atoms with Crippen molar-refractivity contribution in [3.63, 3.8) is 0 Å². The lowest BCUT2D eigenvalue weighted by Crippen LogP contribution is -2.53. The summed E-state index contributed by atoms with van der Waals surface area (Å²) in [6, 6.07) is -0.397. The van der Waals surface area contributed by atoms with Crippen LogP contribution in [0.3, 0.4) is 0 Å². The highest BCUT2D eigenvalue weighted by Crippen LogP contribution is 2.07. The zero-order valence-corrected chi connectivity index (χ0v) is 12.2. The van der Waals surface area contributed by atoms with Gasteiger partial charge in [0.25, 0.3) is 0 Å². The van der Waals surface area contributed by atoms with Gasteiger partial charge in [-0.3, -0.25) is 4.79 Å². The predicted molar refractivity (Wildman–Crippen MR) is 71.9 cm³/mol. The number of carboxylic acid groups (broad SMARTS) is 1. The van der Waals surface area contributed by atoms with Crippen LogP contribution < -0.4 is 5.32 Å². The summed E-state index contributed by atoms with van der Waals surface area (Å²) in [5.41, 5.74) is 0. The molecule has 1 fully saturated rings. The first-order valence-electron chi connectivity index (χ1n) is 6.55. The van der Waals surface area contributed by atoms with Gasteiger partial charge in [0.1, 0.15) is 6.54 Å². The van der Waals surface area contributed by atoms with E-state index in [-0.39, 0.29) is 25.6 Å².